The van der Waals surface area contributed by atoms with Gasteiger partial charge in [-0.2, -0.15) is 5.10 Å². The van der Waals surface area contributed by atoms with E-state index < -0.39 is 0 Å². The van der Waals surface area contributed by atoms with Gasteiger partial charge in [0.25, 0.3) is 0 Å². The molecule has 0 aliphatic heterocycles. The Bertz CT molecular complexity index is 718. The standard InChI is InChI=1S/C18H19Cl2N3S/c19-15-5-4-10(6-16(15)20)9-21-23-18(24)22-17-8-11-7-14(17)13-3-1-2-12(11)13/h1,3-6,9,11-14,17H,2,7-8H2,(H2,22,23,24)/b21-9-/t11-,12-,13+,14+,17-/m1/s1. The molecule has 0 aromatic heterocycles. The number of hydrogen-bond donors (Lipinski definition) is 2. The van der Waals surface area contributed by atoms with Crippen LogP contribution in [-0.4, -0.2) is 17.4 Å². The highest BCUT2D eigenvalue weighted by Gasteiger charge is 2.52. The molecule has 1 aromatic carbocycles. The van der Waals surface area contributed by atoms with E-state index in [2.05, 4.69) is 28.0 Å². The van der Waals surface area contributed by atoms with Gasteiger partial charge in [-0.05, 0) is 72.8 Å². The van der Waals surface area contributed by atoms with Crippen molar-refractivity contribution in [3.8, 4) is 0 Å². The third-order valence-corrected chi connectivity index (χ3v) is 6.60. The Balaban J connectivity index is 1.30. The molecule has 0 heterocycles. The van der Waals surface area contributed by atoms with E-state index in [0.29, 0.717) is 21.2 Å². The lowest BCUT2D eigenvalue weighted by molar-refractivity contribution is 0.246. The molecule has 0 radical (unpaired) electrons. The van der Waals surface area contributed by atoms with E-state index in [4.69, 9.17) is 35.4 Å². The van der Waals surface area contributed by atoms with E-state index >= 15 is 0 Å². The summed E-state index contributed by atoms with van der Waals surface area (Å²) in [4.78, 5) is 0. The summed E-state index contributed by atoms with van der Waals surface area (Å²) < 4.78 is 0. The number of nitrogens with zero attached hydrogens (tertiary/aromatic N) is 1. The summed E-state index contributed by atoms with van der Waals surface area (Å²) in [6, 6.07) is 5.86. The van der Waals surface area contributed by atoms with Gasteiger partial charge in [0.1, 0.15) is 0 Å². The summed E-state index contributed by atoms with van der Waals surface area (Å²) in [7, 11) is 0. The highest BCUT2D eigenvalue weighted by atomic mass is 35.5. The van der Waals surface area contributed by atoms with Gasteiger partial charge in [-0.25, -0.2) is 0 Å². The molecule has 6 heteroatoms. The van der Waals surface area contributed by atoms with Gasteiger partial charge in [0, 0.05) is 6.04 Å². The van der Waals surface area contributed by atoms with Crippen molar-refractivity contribution in [3.05, 3.63) is 46.0 Å². The second-order valence-corrected chi connectivity index (χ2v) is 8.15. The van der Waals surface area contributed by atoms with Crippen LogP contribution in [0.25, 0.3) is 0 Å². The van der Waals surface area contributed by atoms with E-state index in [0.717, 1.165) is 29.2 Å². The zero-order valence-electron chi connectivity index (χ0n) is 13.1. The summed E-state index contributed by atoms with van der Waals surface area (Å²) >= 11 is 17.3. The monoisotopic (exact) mass is 379 g/mol. The number of halogens is 2. The molecule has 0 amide bonds. The van der Waals surface area contributed by atoms with Gasteiger partial charge in [0.05, 0.1) is 16.3 Å². The lowest BCUT2D eigenvalue weighted by Crippen LogP contribution is -2.45. The van der Waals surface area contributed by atoms with Crippen LogP contribution >= 0.6 is 35.4 Å². The second kappa shape index (κ2) is 6.66. The number of benzene rings is 1. The van der Waals surface area contributed by atoms with E-state index in [1.54, 1.807) is 18.3 Å². The molecule has 3 aliphatic rings. The number of fused-ring (bicyclic) bond motifs is 5. The SMILES string of the molecule is S=C(N/N=C\c1ccc(Cl)c(Cl)c1)N[C@@H]1C[C@H]2C[C@H]1[C@H]1C=CC[C@H]21. The fraction of sp³-hybridized carbons (Fsp3) is 0.444. The van der Waals surface area contributed by atoms with Gasteiger partial charge >= 0.3 is 0 Å². The van der Waals surface area contributed by atoms with Gasteiger partial charge in [-0.1, -0.05) is 41.4 Å². The van der Waals surface area contributed by atoms with E-state index in [1.807, 2.05) is 6.07 Å². The first-order chi connectivity index (χ1) is 11.6. The topological polar surface area (TPSA) is 36.4 Å². The van der Waals surface area contributed by atoms with Crippen LogP contribution < -0.4 is 10.7 Å². The fourth-order valence-corrected chi connectivity index (χ4v) is 5.18. The third kappa shape index (κ3) is 3.07. The molecule has 0 saturated heterocycles. The van der Waals surface area contributed by atoms with Gasteiger partial charge < -0.3 is 5.32 Å². The number of hydrazone groups is 1. The Labute approximate surface area is 157 Å². The molecule has 2 bridgehead atoms. The first-order valence-corrected chi connectivity index (χ1v) is 9.49. The largest absolute Gasteiger partial charge is 0.358 e. The lowest BCUT2D eigenvalue weighted by Gasteiger charge is -2.32. The molecule has 0 unspecified atom stereocenters. The maximum absolute atomic E-state index is 5.99. The summed E-state index contributed by atoms with van der Waals surface area (Å²) in [6.07, 6.45) is 10.3. The predicted molar refractivity (Wildman–Crippen MR) is 104 cm³/mol. The molecule has 24 heavy (non-hydrogen) atoms. The van der Waals surface area contributed by atoms with Gasteiger partial charge in [0.2, 0.25) is 0 Å². The van der Waals surface area contributed by atoms with Crippen molar-refractivity contribution in [1.29, 1.82) is 0 Å². The molecule has 0 spiro atoms. The first kappa shape index (κ1) is 16.4. The Hall–Kier alpha value is -1.10. The molecule has 126 valence electrons. The summed E-state index contributed by atoms with van der Waals surface area (Å²) in [5.41, 5.74) is 3.78. The van der Waals surface area contributed by atoms with Crippen LogP contribution in [0.4, 0.5) is 0 Å². The minimum Gasteiger partial charge on any atom is -0.358 e. The minimum absolute atomic E-state index is 0.471. The smallest absolute Gasteiger partial charge is 0.187 e. The molecule has 2 saturated carbocycles. The summed E-state index contributed by atoms with van der Waals surface area (Å²) in [5.74, 6) is 3.22. The van der Waals surface area contributed by atoms with E-state index in [-0.39, 0.29) is 0 Å². The maximum Gasteiger partial charge on any atom is 0.187 e. The van der Waals surface area contributed by atoms with Crippen LogP contribution in [-0.2, 0) is 0 Å². The summed E-state index contributed by atoms with van der Waals surface area (Å²) in [5, 5.41) is 9.28. The second-order valence-electron chi connectivity index (χ2n) is 6.92. The van der Waals surface area contributed by atoms with Crippen LogP contribution in [0.1, 0.15) is 24.8 Å². The molecule has 2 fully saturated rings. The van der Waals surface area contributed by atoms with Crippen LogP contribution in [0.2, 0.25) is 10.0 Å². The van der Waals surface area contributed by atoms with Crippen molar-refractivity contribution in [2.75, 3.05) is 0 Å². The van der Waals surface area contributed by atoms with Crippen molar-refractivity contribution in [1.82, 2.24) is 10.7 Å². The quantitative estimate of drug-likeness (QED) is 0.353. The predicted octanol–water partition coefficient (Wildman–Crippen LogP) is 4.39. The molecule has 2 N–H and O–H groups in total. The molecular weight excluding hydrogens is 361 g/mol. The number of allylic oxidation sites excluding steroid dienone is 2. The molecule has 3 nitrogen and oxygen atoms in total. The lowest BCUT2D eigenvalue weighted by atomic mass is 9.79. The Kier molecular flexibility index (Phi) is 4.54. The highest BCUT2D eigenvalue weighted by molar-refractivity contribution is 7.80. The number of nitrogens with one attached hydrogen (secondary N) is 2. The number of thiocarbonyl (C=S) groups is 1. The molecular formula is C18H19Cl2N3S. The van der Waals surface area contributed by atoms with Crippen LogP contribution in [0.3, 0.4) is 0 Å². The Morgan fingerprint density at radius 2 is 2.08 bits per heavy atom. The van der Waals surface area contributed by atoms with Crippen molar-refractivity contribution in [2.45, 2.75) is 25.3 Å². The minimum atomic E-state index is 0.471. The highest BCUT2D eigenvalue weighted by Crippen LogP contribution is 2.56. The van der Waals surface area contributed by atoms with Crippen LogP contribution in [0.5, 0.6) is 0 Å². The maximum atomic E-state index is 5.99. The van der Waals surface area contributed by atoms with Crippen molar-refractivity contribution in [2.24, 2.45) is 28.8 Å². The summed E-state index contributed by atoms with van der Waals surface area (Å²) in [6.45, 7) is 0. The zero-order valence-corrected chi connectivity index (χ0v) is 15.4. The fourth-order valence-electron chi connectivity index (χ4n) is 4.67. The molecule has 3 aliphatic carbocycles. The van der Waals surface area contributed by atoms with Gasteiger partial charge in [-0.3, -0.25) is 5.43 Å². The van der Waals surface area contributed by atoms with Crippen molar-refractivity contribution >= 4 is 46.7 Å². The van der Waals surface area contributed by atoms with Crippen molar-refractivity contribution < 1.29 is 0 Å². The number of rotatable bonds is 3. The molecule has 1 aromatic rings. The Morgan fingerprint density at radius 1 is 1.21 bits per heavy atom. The first-order valence-electron chi connectivity index (χ1n) is 8.33. The molecule has 5 atom stereocenters. The van der Waals surface area contributed by atoms with Crippen LogP contribution in [0, 0.1) is 23.7 Å². The normalized spacial score (nSPS) is 33.2. The van der Waals surface area contributed by atoms with Crippen molar-refractivity contribution in [3.63, 3.8) is 0 Å². The van der Waals surface area contributed by atoms with Crippen LogP contribution in [0.15, 0.2) is 35.5 Å². The van der Waals surface area contributed by atoms with E-state index in [1.165, 1.54) is 19.3 Å². The van der Waals surface area contributed by atoms with E-state index in [9.17, 15) is 0 Å². The molecule has 4 rings (SSSR count). The third-order valence-electron chi connectivity index (χ3n) is 5.65. The zero-order chi connectivity index (χ0) is 16.7. The number of hydrogen-bond acceptors (Lipinski definition) is 2. The average molecular weight is 380 g/mol. The Morgan fingerprint density at radius 3 is 2.92 bits per heavy atom. The van der Waals surface area contributed by atoms with Gasteiger partial charge in [0.15, 0.2) is 5.11 Å². The average Bonchev–Trinajstić information content (AvgIpc) is 3.23. The van der Waals surface area contributed by atoms with Gasteiger partial charge in [-0.15, -0.1) is 0 Å².